The molecule has 0 amide bonds. The maximum absolute atomic E-state index is 12.6. The smallest absolute Gasteiger partial charge is 0.347 e. The Kier molecular flexibility index (Phi) is 4.66. The van der Waals surface area contributed by atoms with Crippen molar-refractivity contribution < 1.29 is 22.9 Å². The van der Waals surface area contributed by atoms with Crippen LogP contribution in [0.4, 0.5) is 0 Å². The van der Waals surface area contributed by atoms with E-state index in [4.69, 9.17) is 29.9 Å². The van der Waals surface area contributed by atoms with Crippen LogP contribution in [0.2, 0.25) is 0 Å². The summed E-state index contributed by atoms with van der Waals surface area (Å²) in [5, 5.41) is 0. The second kappa shape index (κ2) is 6.20. The van der Waals surface area contributed by atoms with E-state index in [1.165, 1.54) is 4.57 Å². The normalized spacial score (nSPS) is 39.2. The zero-order valence-electron chi connectivity index (χ0n) is 13.8. The number of alkyl halides is 1. The number of aromatic nitrogens is 2. The standard InChI is InChI=1S/C14H20ClN2O6P/c1-8(2)22-24(19)20-7-10-11(23-24)14(4,15)12(21-10)17-6-5-9(3)16-13(17)18/h5-6,8,10-12H,7H2,1-4H3. The molecule has 0 spiro atoms. The van der Waals surface area contributed by atoms with Gasteiger partial charge in [-0.1, -0.05) is 0 Å². The molecule has 5 atom stereocenters. The summed E-state index contributed by atoms with van der Waals surface area (Å²) in [6.45, 7) is 6.84. The number of phosphoric acid groups is 1. The molecule has 2 aliphatic rings. The van der Waals surface area contributed by atoms with E-state index in [-0.39, 0.29) is 12.7 Å². The highest BCUT2D eigenvalue weighted by atomic mass is 35.5. The highest BCUT2D eigenvalue weighted by Crippen LogP contribution is 2.60. The topological polar surface area (TPSA) is 88.9 Å². The molecule has 2 fully saturated rings. The molecule has 0 radical (unpaired) electrons. The molecule has 0 aliphatic carbocycles. The molecule has 2 aliphatic heterocycles. The van der Waals surface area contributed by atoms with Crippen LogP contribution in [0.5, 0.6) is 0 Å². The number of fused-ring (bicyclic) bond motifs is 1. The van der Waals surface area contributed by atoms with Gasteiger partial charge in [-0.05, 0) is 33.8 Å². The summed E-state index contributed by atoms with van der Waals surface area (Å²) in [5.41, 5.74) is 0.116. The molecule has 134 valence electrons. The Labute approximate surface area is 144 Å². The number of ether oxygens (including phenoxy) is 1. The number of nitrogens with zero attached hydrogens (tertiary/aromatic N) is 2. The van der Waals surface area contributed by atoms with E-state index in [9.17, 15) is 9.36 Å². The largest absolute Gasteiger partial charge is 0.475 e. The van der Waals surface area contributed by atoms with Crippen LogP contribution in [0.15, 0.2) is 17.1 Å². The number of hydrogen-bond acceptors (Lipinski definition) is 7. The van der Waals surface area contributed by atoms with Crippen molar-refractivity contribution in [2.75, 3.05) is 6.61 Å². The van der Waals surface area contributed by atoms with Crippen molar-refractivity contribution in [1.82, 2.24) is 9.55 Å². The Morgan fingerprint density at radius 2 is 2.25 bits per heavy atom. The lowest BCUT2D eigenvalue weighted by Gasteiger charge is -2.35. The Balaban J connectivity index is 1.90. The molecule has 0 saturated carbocycles. The second-order valence-electron chi connectivity index (χ2n) is 6.36. The lowest BCUT2D eigenvalue weighted by atomic mass is 10.0. The monoisotopic (exact) mass is 378 g/mol. The predicted molar refractivity (Wildman–Crippen MR) is 86.1 cm³/mol. The van der Waals surface area contributed by atoms with E-state index in [0.29, 0.717) is 5.69 Å². The summed E-state index contributed by atoms with van der Waals surface area (Å²) >= 11 is 6.65. The predicted octanol–water partition coefficient (Wildman–Crippen LogP) is 2.40. The minimum Gasteiger partial charge on any atom is -0.347 e. The summed E-state index contributed by atoms with van der Waals surface area (Å²) < 4.78 is 35.8. The van der Waals surface area contributed by atoms with Gasteiger partial charge in [0.2, 0.25) is 0 Å². The van der Waals surface area contributed by atoms with E-state index < -0.39 is 36.8 Å². The molecular weight excluding hydrogens is 359 g/mol. The van der Waals surface area contributed by atoms with E-state index in [2.05, 4.69) is 4.98 Å². The Hall–Kier alpha value is -0.760. The number of halogens is 1. The lowest BCUT2D eigenvalue weighted by Crippen LogP contribution is -2.45. The van der Waals surface area contributed by atoms with Gasteiger partial charge in [0, 0.05) is 11.9 Å². The van der Waals surface area contributed by atoms with Crippen LogP contribution in [-0.4, -0.2) is 39.3 Å². The van der Waals surface area contributed by atoms with Crippen LogP contribution in [0.25, 0.3) is 0 Å². The third-order valence-electron chi connectivity index (χ3n) is 3.88. The van der Waals surface area contributed by atoms with Gasteiger partial charge in [-0.2, -0.15) is 4.98 Å². The van der Waals surface area contributed by atoms with E-state index >= 15 is 0 Å². The van der Waals surface area contributed by atoms with E-state index in [1.807, 2.05) is 0 Å². The molecule has 0 aromatic carbocycles. The van der Waals surface area contributed by atoms with Crippen LogP contribution < -0.4 is 5.69 Å². The molecule has 24 heavy (non-hydrogen) atoms. The first-order chi connectivity index (χ1) is 11.1. The first-order valence-corrected chi connectivity index (χ1v) is 9.48. The average Bonchev–Trinajstić information content (AvgIpc) is 2.69. The zero-order valence-corrected chi connectivity index (χ0v) is 15.5. The van der Waals surface area contributed by atoms with Gasteiger partial charge in [0.25, 0.3) is 0 Å². The Morgan fingerprint density at radius 1 is 1.54 bits per heavy atom. The molecule has 8 nitrogen and oxygen atoms in total. The molecule has 0 N–H and O–H groups in total. The van der Waals surface area contributed by atoms with Gasteiger partial charge in [0.05, 0.1) is 12.7 Å². The zero-order chi connectivity index (χ0) is 17.7. The van der Waals surface area contributed by atoms with Crippen molar-refractivity contribution in [3.8, 4) is 0 Å². The molecule has 1 aromatic rings. The summed E-state index contributed by atoms with van der Waals surface area (Å²) in [4.78, 5) is 14.9. The van der Waals surface area contributed by atoms with Gasteiger partial charge in [-0.15, -0.1) is 11.6 Å². The summed E-state index contributed by atoms with van der Waals surface area (Å²) in [6.07, 6.45) is -0.919. The Morgan fingerprint density at radius 3 is 2.88 bits per heavy atom. The number of hydrogen-bond donors (Lipinski definition) is 0. The van der Waals surface area contributed by atoms with Gasteiger partial charge in [0.15, 0.2) is 6.23 Å². The first-order valence-electron chi connectivity index (χ1n) is 7.64. The van der Waals surface area contributed by atoms with Gasteiger partial charge in [0.1, 0.15) is 17.1 Å². The van der Waals surface area contributed by atoms with Crippen LogP contribution in [0.3, 0.4) is 0 Å². The highest BCUT2D eigenvalue weighted by Gasteiger charge is 2.60. The number of aryl methyl sites for hydroxylation is 1. The minimum absolute atomic E-state index is 0.00150. The van der Waals surface area contributed by atoms with Gasteiger partial charge < -0.3 is 4.74 Å². The quantitative estimate of drug-likeness (QED) is 0.589. The van der Waals surface area contributed by atoms with Crippen molar-refractivity contribution in [1.29, 1.82) is 0 Å². The molecule has 10 heteroatoms. The van der Waals surface area contributed by atoms with Gasteiger partial charge in [-0.3, -0.25) is 18.1 Å². The van der Waals surface area contributed by atoms with Crippen molar-refractivity contribution >= 4 is 19.4 Å². The van der Waals surface area contributed by atoms with Crippen LogP contribution in [0.1, 0.15) is 32.7 Å². The molecule has 2 saturated heterocycles. The molecule has 0 bridgehead atoms. The van der Waals surface area contributed by atoms with Crippen LogP contribution in [-0.2, 0) is 22.9 Å². The molecule has 3 heterocycles. The number of rotatable bonds is 3. The summed E-state index contributed by atoms with van der Waals surface area (Å²) in [5.74, 6) is 0. The minimum atomic E-state index is -3.72. The lowest BCUT2D eigenvalue weighted by molar-refractivity contribution is -0.0748. The van der Waals surface area contributed by atoms with E-state index in [1.54, 1.807) is 40.0 Å². The highest BCUT2D eigenvalue weighted by molar-refractivity contribution is 7.48. The fourth-order valence-corrected chi connectivity index (χ4v) is 4.89. The Bertz CT molecular complexity index is 736. The molecule has 3 rings (SSSR count). The molecular formula is C14H20ClN2O6P. The van der Waals surface area contributed by atoms with Crippen molar-refractivity contribution in [3.63, 3.8) is 0 Å². The second-order valence-corrected chi connectivity index (χ2v) is 8.75. The fourth-order valence-electron chi connectivity index (χ4n) is 2.83. The van der Waals surface area contributed by atoms with E-state index in [0.717, 1.165) is 0 Å². The maximum Gasteiger partial charge on any atom is 0.475 e. The van der Waals surface area contributed by atoms with Crippen molar-refractivity contribution in [2.45, 2.75) is 57.1 Å². The maximum atomic E-state index is 12.6. The first kappa shape index (κ1) is 18.0. The molecule has 1 aromatic heterocycles. The fraction of sp³-hybridized carbons (Fsp3) is 0.714. The SMILES string of the molecule is Cc1ccn(C2OC3COP(=O)(OC(C)C)OC3C2(C)Cl)c(=O)n1. The third-order valence-corrected chi connectivity index (χ3v) is 5.91. The van der Waals surface area contributed by atoms with Crippen LogP contribution in [0, 0.1) is 6.92 Å². The molecule has 5 unspecified atom stereocenters. The average molecular weight is 379 g/mol. The summed E-state index contributed by atoms with van der Waals surface area (Å²) in [6, 6.07) is 1.68. The van der Waals surface area contributed by atoms with Crippen molar-refractivity contribution in [3.05, 3.63) is 28.4 Å². The van der Waals surface area contributed by atoms with Gasteiger partial charge in [-0.25, -0.2) is 9.36 Å². The van der Waals surface area contributed by atoms with Crippen molar-refractivity contribution in [2.24, 2.45) is 0 Å². The summed E-state index contributed by atoms with van der Waals surface area (Å²) in [7, 11) is -3.72. The van der Waals surface area contributed by atoms with Gasteiger partial charge >= 0.3 is 13.5 Å². The van der Waals surface area contributed by atoms with Crippen LogP contribution >= 0.6 is 19.4 Å². The number of phosphoric ester groups is 1. The third kappa shape index (κ3) is 3.19.